The number of aromatic carboxylic acids is 1. The summed E-state index contributed by atoms with van der Waals surface area (Å²) < 4.78 is 26.2. The molecule has 1 heterocycles. The Balaban J connectivity index is 1.94. The van der Waals surface area contributed by atoms with Gasteiger partial charge < -0.3 is 10.1 Å². The zero-order valence-corrected chi connectivity index (χ0v) is 14.8. The maximum absolute atomic E-state index is 13.1. The molecule has 0 fully saturated rings. The molecule has 1 aromatic heterocycles. The molecule has 0 unspecified atom stereocenters. The topological polar surface area (TPSA) is 100 Å². The summed E-state index contributed by atoms with van der Waals surface area (Å²) in [5, 5.41) is 9.35. The molecule has 4 rings (SSSR count). The zero-order chi connectivity index (χ0) is 19.0. The van der Waals surface area contributed by atoms with Crippen LogP contribution in [0.3, 0.4) is 0 Å². The Hall–Kier alpha value is -3.45. The SMILES string of the molecule is O=C(O)c1cccc2[nH]c(-c3ccccc3S(=O)(=O)c3ccccc3)nc12. The van der Waals surface area contributed by atoms with Crippen molar-refractivity contribution in [2.45, 2.75) is 9.79 Å². The predicted molar refractivity (Wildman–Crippen MR) is 100 cm³/mol. The molecule has 134 valence electrons. The fourth-order valence-corrected chi connectivity index (χ4v) is 4.44. The van der Waals surface area contributed by atoms with Gasteiger partial charge in [0, 0.05) is 5.56 Å². The minimum absolute atomic E-state index is 0.0541. The van der Waals surface area contributed by atoms with Crippen molar-refractivity contribution in [1.82, 2.24) is 9.97 Å². The first-order chi connectivity index (χ1) is 13.0. The van der Waals surface area contributed by atoms with Crippen molar-refractivity contribution in [2.24, 2.45) is 0 Å². The van der Waals surface area contributed by atoms with Crippen molar-refractivity contribution in [3.05, 3.63) is 78.4 Å². The van der Waals surface area contributed by atoms with Crippen molar-refractivity contribution in [3.8, 4) is 11.4 Å². The molecule has 0 amide bonds. The third-order valence-corrected chi connectivity index (χ3v) is 6.06. The lowest BCUT2D eigenvalue weighted by molar-refractivity contribution is 0.0699. The molecule has 3 aromatic carbocycles. The van der Waals surface area contributed by atoms with E-state index in [-0.39, 0.29) is 20.9 Å². The monoisotopic (exact) mass is 378 g/mol. The number of imidazole rings is 1. The van der Waals surface area contributed by atoms with Crippen LogP contribution in [0.2, 0.25) is 0 Å². The average Bonchev–Trinajstić information content (AvgIpc) is 3.12. The molecular formula is C20H14N2O4S. The van der Waals surface area contributed by atoms with Gasteiger partial charge in [-0.2, -0.15) is 0 Å². The number of carbonyl (C=O) groups is 1. The number of nitrogens with one attached hydrogen (secondary N) is 1. The molecule has 0 aliphatic carbocycles. The molecule has 0 spiro atoms. The fraction of sp³-hybridized carbons (Fsp3) is 0. The molecule has 0 bridgehead atoms. The van der Waals surface area contributed by atoms with Crippen molar-refractivity contribution < 1.29 is 18.3 Å². The highest BCUT2D eigenvalue weighted by Crippen LogP contribution is 2.31. The lowest BCUT2D eigenvalue weighted by Crippen LogP contribution is -2.04. The third kappa shape index (κ3) is 2.88. The molecule has 27 heavy (non-hydrogen) atoms. The number of sulfone groups is 1. The predicted octanol–water partition coefficient (Wildman–Crippen LogP) is 3.76. The zero-order valence-electron chi connectivity index (χ0n) is 14.0. The second-order valence-electron chi connectivity index (χ2n) is 5.90. The van der Waals surface area contributed by atoms with Crippen LogP contribution >= 0.6 is 0 Å². The fourth-order valence-electron chi connectivity index (χ4n) is 2.96. The van der Waals surface area contributed by atoms with Gasteiger partial charge in [0.1, 0.15) is 11.3 Å². The third-order valence-electron chi connectivity index (χ3n) is 4.23. The van der Waals surface area contributed by atoms with Crippen LogP contribution in [0.25, 0.3) is 22.4 Å². The normalized spacial score (nSPS) is 11.6. The van der Waals surface area contributed by atoms with Crippen molar-refractivity contribution >= 4 is 26.8 Å². The van der Waals surface area contributed by atoms with Crippen LogP contribution in [0.4, 0.5) is 0 Å². The largest absolute Gasteiger partial charge is 0.478 e. The number of para-hydroxylation sites is 1. The second kappa shape index (κ2) is 6.37. The maximum Gasteiger partial charge on any atom is 0.337 e. The van der Waals surface area contributed by atoms with E-state index in [1.54, 1.807) is 48.5 Å². The number of rotatable bonds is 4. The number of fused-ring (bicyclic) bond motifs is 1. The summed E-state index contributed by atoms with van der Waals surface area (Å²) in [6, 6.07) is 19.4. The number of hydrogen-bond acceptors (Lipinski definition) is 4. The van der Waals surface area contributed by atoms with Crippen LogP contribution in [0.15, 0.2) is 82.6 Å². The van der Waals surface area contributed by atoms with E-state index in [1.807, 2.05) is 0 Å². The lowest BCUT2D eigenvalue weighted by Gasteiger charge is -2.08. The summed E-state index contributed by atoms with van der Waals surface area (Å²) in [6.45, 7) is 0. The van der Waals surface area contributed by atoms with E-state index in [1.165, 1.54) is 24.3 Å². The van der Waals surface area contributed by atoms with Crippen LogP contribution in [0.1, 0.15) is 10.4 Å². The van der Waals surface area contributed by atoms with Crippen LogP contribution in [-0.2, 0) is 9.84 Å². The van der Waals surface area contributed by atoms with E-state index in [0.717, 1.165) is 0 Å². The van der Waals surface area contributed by atoms with Gasteiger partial charge in [-0.25, -0.2) is 18.2 Å². The van der Waals surface area contributed by atoms with Crippen LogP contribution in [-0.4, -0.2) is 29.5 Å². The molecule has 0 radical (unpaired) electrons. The van der Waals surface area contributed by atoms with Crippen molar-refractivity contribution in [2.75, 3.05) is 0 Å². The molecule has 0 aliphatic rings. The number of carboxylic acid groups (broad SMARTS) is 1. The Morgan fingerprint density at radius 2 is 1.59 bits per heavy atom. The Bertz CT molecular complexity index is 1260. The van der Waals surface area contributed by atoms with Crippen LogP contribution < -0.4 is 0 Å². The van der Waals surface area contributed by atoms with E-state index in [0.29, 0.717) is 16.9 Å². The first kappa shape index (κ1) is 17.0. The summed E-state index contributed by atoms with van der Waals surface area (Å²) >= 11 is 0. The van der Waals surface area contributed by atoms with E-state index in [9.17, 15) is 18.3 Å². The lowest BCUT2D eigenvalue weighted by atomic mass is 10.2. The number of benzene rings is 3. The molecular weight excluding hydrogens is 364 g/mol. The molecule has 0 atom stereocenters. The Morgan fingerprint density at radius 3 is 2.33 bits per heavy atom. The van der Waals surface area contributed by atoms with Gasteiger partial charge in [0.15, 0.2) is 0 Å². The van der Waals surface area contributed by atoms with Gasteiger partial charge in [-0.1, -0.05) is 36.4 Å². The highest BCUT2D eigenvalue weighted by Gasteiger charge is 2.23. The number of carboxylic acids is 1. The van der Waals surface area contributed by atoms with E-state index < -0.39 is 15.8 Å². The van der Waals surface area contributed by atoms with Gasteiger partial charge in [-0.05, 0) is 36.4 Å². The first-order valence-electron chi connectivity index (χ1n) is 8.10. The van der Waals surface area contributed by atoms with Crippen LogP contribution in [0.5, 0.6) is 0 Å². The second-order valence-corrected chi connectivity index (χ2v) is 7.82. The van der Waals surface area contributed by atoms with Gasteiger partial charge in [0.25, 0.3) is 0 Å². The molecule has 2 N–H and O–H groups in total. The van der Waals surface area contributed by atoms with Gasteiger partial charge in [-0.3, -0.25) is 0 Å². The molecule has 0 saturated carbocycles. The quantitative estimate of drug-likeness (QED) is 0.563. The molecule has 0 aliphatic heterocycles. The van der Waals surface area contributed by atoms with Crippen molar-refractivity contribution in [1.29, 1.82) is 0 Å². The Morgan fingerprint density at radius 1 is 0.889 bits per heavy atom. The van der Waals surface area contributed by atoms with Gasteiger partial charge in [0.05, 0.1) is 20.9 Å². The number of H-pyrrole nitrogens is 1. The summed E-state index contributed by atoms with van der Waals surface area (Å²) in [7, 11) is -3.76. The van der Waals surface area contributed by atoms with E-state index >= 15 is 0 Å². The van der Waals surface area contributed by atoms with Crippen LogP contribution in [0, 0.1) is 0 Å². The summed E-state index contributed by atoms with van der Waals surface area (Å²) in [5.74, 6) is -0.794. The van der Waals surface area contributed by atoms with E-state index in [4.69, 9.17) is 0 Å². The minimum Gasteiger partial charge on any atom is -0.478 e. The van der Waals surface area contributed by atoms with Gasteiger partial charge in [0.2, 0.25) is 9.84 Å². The van der Waals surface area contributed by atoms with Crippen molar-refractivity contribution in [3.63, 3.8) is 0 Å². The highest BCUT2D eigenvalue weighted by molar-refractivity contribution is 7.91. The van der Waals surface area contributed by atoms with Gasteiger partial charge in [-0.15, -0.1) is 0 Å². The number of aromatic amines is 1. The maximum atomic E-state index is 13.1. The Kier molecular flexibility index (Phi) is 4.01. The standard InChI is InChI=1S/C20H14N2O4S/c23-20(24)15-10-6-11-16-18(15)22-19(21-16)14-9-4-5-12-17(14)27(25,26)13-7-2-1-3-8-13/h1-12H,(H,21,22)(H,23,24). The molecule has 0 saturated heterocycles. The molecule has 4 aromatic rings. The smallest absolute Gasteiger partial charge is 0.337 e. The number of hydrogen-bond donors (Lipinski definition) is 2. The summed E-state index contributed by atoms with van der Waals surface area (Å²) in [4.78, 5) is 19.1. The number of nitrogens with zero attached hydrogens (tertiary/aromatic N) is 1. The minimum atomic E-state index is -3.76. The number of aromatic nitrogens is 2. The summed E-state index contributed by atoms with van der Waals surface area (Å²) in [6.07, 6.45) is 0. The Labute approximate surface area is 155 Å². The highest BCUT2D eigenvalue weighted by atomic mass is 32.2. The molecule has 6 nitrogen and oxygen atoms in total. The van der Waals surface area contributed by atoms with Gasteiger partial charge >= 0.3 is 5.97 Å². The molecule has 7 heteroatoms. The summed E-state index contributed by atoms with van der Waals surface area (Å²) in [5.41, 5.74) is 1.25. The first-order valence-corrected chi connectivity index (χ1v) is 9.58. The van der Waals surface area contributed by atoms with E-state index in [2.05, 4.69) is 9.97 Å². The average molecular weight is 378 g/mol.